The number of aryl methyl sites for hydroxylation is 4. The second kappa shape index (κ2) is 28.8. The lowest BCUT2D eigenvalue weighted by Gasteiger charge is -2.34. The molecule has 0 spiro atoms. The number of aromatic amines is 1. The largest absolute Gasteiger partial charge is 0.336 e. The van der Waals surface area contributed by atoms with Gasteiger partial charge in [0.05, 0.1) is 44.8 Å². The van der Waals surface area contributed by atoms with E-state index < -0.39 is 43.5 Å². The van der Waals surface area contributed by atoms with E-state index in [9.17, 15) is 30.8 Å². The van der Waals surface area contributed by atoms with Gasteiger partial charge in [-0.05, 0) is 122 Å². The average Bonchev–Trinajstić information content (AvgIpc) is 1.57. The summed E-state index contributed by atoms with van der Waals surface area (Å²) < 4.78 is 88.7. The Labute approximate surface area is 571 Å². The van der Waals surface area contributed by atoms with Gasteiger partial charge in [-0.15, -0.1) is 18.4 Å². The summed E-state index contributed by atoms with van der Waals surface area (Å²) in [4.78, 5) is 62.6. The first-order valence-electron chi connectivity index (χ1n) is 32.2. The predicted molar refractivity (Wildman–Crippen MR) is 366 cm³/mol. The van der Waals surface area contributed by atoms with Crippen molar-refractivity contribution in [3.8, 4) is 0 Å². The highest BCUT2D eigenvalue weighted by molar-refractivity contribution is 7.90. The number of anilines is 6. The van der Waals surface area contributed by atoms with Gasteiger partial charge in [-0.25, -0.2) is 38.7 Å². The second-order valence-electron chi connectivity index (χ2n) is 24.5. The van der Waals surface area contributed by atoms with Crippen LogP contribution in [0.15, 0.2) is 170 Å². The number of halogens is 2. The van der Waals surface area contributed by atoms with E-state index in [4.69, 9.17) is 5.10 Å². The number of aromatic nitrogens is 16. The van der Waals surface area contributed by atoms with Gasteiger partial charge in [0.2, 0.25) is 0 Å². The summed E-state index contributed by atoms with van der Waals surface area (Å²) in [7, 11) is -6.07. The second-order valence-corrected chi connectivity index (χ2v) is 28.1. The van der Waals surface area contributed by atoms with Gasteiger partial charge in [0.15, 0.2) is 11.4 Å². The van der Waals surface area contributed by atoms with Crippen LogP contribution in [0.1, 0.15) is 56.1 Å². The summed E-state index contributed by atoms with van der Waals surface area (Å²) in [6.07, 6.45) is 16.0. The molecule has 0 unspecified atom stereocenters. The molecular formula is C66H68F2N24O6S2. The van der Waals surface area contributed by atoms with Crippen LogP contribution in [-0.4, -0.2) is 185 Å². The van der Waals surface area contributed by atoms with Crippen molar-refractivity contribution in [2.24, 2.45) is 0 Å². The molecule has 0 saturated carbocycles. The number of fused-ring (bicyclic) bond motifs is 2. The fourth-order valence-electron chi connectivity index (χ4n) is 12.3. The summed E-state index contributed by atoms with van der Waals surface area (Å²) in [5, 5.41) is 33.3. The molecule has 34 heteroatoms. The van der Waals surface area contributed by atoms with E-state index in [-0.39, 0.29) is 21.2 Å². The number of hydrogen-bond acceptors (Lipinski definition) is 22. The highest BCUT2D eigenvalue weighted by Crippen LogP contribution is 2.30. The number of nitrogens with zero attached hydrogens (tertiary/aromatic N) is 19. The Morgan fingerprint density at radius 1 is 0.560 bits per heavy atom. The Hall–Kier alpha value is -11.0. The molecule has 0 radical (unpaired) electrons. The fourth-order valence-corrected chi connectivity index (χ4v) is 14.5. The molecule has 4 aromatic carbocycles. The zero-order valence-corrected chi connectivity index (χ0v) is 55.7. The number of amides is 2. The normalized spacial score (nSPS) is 14.5. The summed E-state index contributed by atoms with van der Waals surface area (Å²) in [5.41, 5.74) is 6.61. The Morgan fingerprint density at radius 2 is 1.11 bits per heavy atom. The number of likely N-dealkylation sites (N-methyl/N-ethyl adjacent to an activating group) is 1. The van der Waals surface area contributed by atoms with Crippen molar-refractivity contribution in [2.45, 2.75) is 68.3 Å². The standard InChI is InChI=1S/C66H68F2N24O6S2/c1-84-22-24-85(25-23-84)35-45-8-13-51(14-9-45)79-66(94)60-58(81-62-55-17-20-88(64(55)74-41-72-62)18-2-4-47-30-49(67)32-53(31-47)100(97,98)92-43-70-39-77-92)37-90(83-60)44-87-28-26-86(27-29-87)36-46-6-11-50(12-7-46)78-65(93)59-57(34-75-82-59)80-61-54-16-21-89(63(54)73-40-71-61)19-3-5-48-10-15-52(33-56(48)68)99(95,96)91-42-69-38-76-91/h6-17,20-21,30-34,37-43H,2-5,18-19,22-29,35-36,44H2,1H3,(H,75,82)(H,78,93)(H,79,94)(H,71,73,80)(H,72,74,81). The zero-order valence-electron chi connectivity index (χ0n) is 54.1. The minimum atomic E-state index is -4.13. The zero-order chi connectivity index (χ0) is 68.9. The number of rotatable bonds is 26. The van der Waals surface area contributed by atoms with Crippen molar-refractivity contribution in [3.63, 3.8) is 0 Å². The molecule has 14 rings (SSSR count). The molecule has 2 aliphatic heterocycles. The maximum atomic E-state index is 15.2. The number of carbonyl (C=O) groups excluding carboxylic acids is 2. The first-order valence-corrected chi connectivity index (χ1v) is 35.1. The minimum absolute atomic E-state index is 0.115. The highest BCUT2D eigenvalue weighted by Gasteiger charge is 2.26. The average molecular weight is 1400 g/mol. The third kappa shape index (κ3) is 14.9. The van der Waals surface area contributed by atoms with Gasteiger partial charge < -0.3 is 35.3 Å². The van der Waals surface area contributed by atoms with Gasteiger partial charge in [0, 0.05) is 109 Å². The molecular weight excluding hydrogens is 1330 g/mol. The number of carbonyl (C=O) groups is 2. The van der Waals surface area contributed by atoms with Gasteiger partial charge in [-0.3, -0.25) is 34.1 Å². The van der Waals surface area contributed by atoms with Crippen molar-refractivity contribution in [3.05, 3.63) is 205 Å². The first kappa shape index (κ1) is 66.2. The monoisotopic (exact) mass is 1390 g/mol. The molecule has 8 aromatic heterocycles. The van der Waals surface area contributed by atoms with E-state index in [1.54, 1.807) is 10.9 Å². The summed E-state index contributed by atoms with van der Waals surface area (Å²) in [6, 6.07) is 26.8. The van der Waals surface area contributed by atoms with E-state index in [1.807, 2.05) is 88.4 Å². The molecule has 30 nitrogen and oxygen atoms in total. The molecule has 2 saturated heterocycles. The number of H-pyrrole nitrogens is 1. The topological polar surface area (TPSA) is 333 Å². The molecule has 5 N–H and O–H groups in total. The van der Waals surface area contributed by atoms with Crippen LogP contribution >= 0.6 is 0 Å². The molecule has 2 amide bonds. The lowest BCUT2D eigenvalue weighted by atomic mass is 10.1. The van der Waals surface area contributed by atoms with Crippen molar-refractivity contribution in [1.82, 2.24) is 97.0 Å². The van der Waals surface area contributed by atoms with Gasteiger partial charge in [-0.2, -0.15) is 27.0 Å². The van der Waals surface area contributed by atoms with Gasteiger partial charge in [-0.1, -0.05) is 30.3 Å². The quantitative estimate of drug-likeness (QED) is 0.0371. The van der Waals surface area contributed by atoms with E-state index in [0.717, 1.165) is 107 Å². The van der Waals surface area contributed by atoms with Crippen LogP contribution in [0.5, 0.6) is 0 Å². The van der Waals surface area contributed by atoms with Crippen LogP contribution in [0.4, 0.5) is 43.2 Å². The SMILES string of the molecule is CN1CCN(Cc2ccc(NC(=O)c3nn(CN4CCN(Cc5ccc(NC(=O)c6n[nH]cc6Nc6ncnc7c6ccn7CCCc6ccc(S(=O)(=O)n7cncn7)cc6F)cc5)CC4)cc3Nc3ncnc4c3ccn4CCCc3cc(F)cc(S(=O)(=O)n4cncn4)c3)cc2)CC1. The third-order valence-corrected chi connectivity index (χ3v) is 20.7. The minimum Gasteiger partial charge on any atom is -0.336 e. The summed E-state index contributed by atoms with van der Waals surface area (Å²) >= 11 is 0. The van der Waals surface area contributed by atoms with Crippen LogP contribution in [0.2, 0.25) is 0 Å². The van der Waals surface area contributed by atoms with Crippen molar-refractivity contribution < 1.29 is 35.2 Å². The number of benzene rings is 4. The van der Waals surface area contributed by atoms with Gasteiger partial charge >= 0.3 is 0 Å². The smallest absolute Gasteiger partial charge is 0.284 e. The van der Waals surface area contributed by atoms with Crippen molar-refractivity contribution in [1.29, 1.82) is 0 Å². The molecule has 10 heterocycles. The van der Waals surface area contributed by atoms with E-state index in [1.165, 1.54) is 36.9 Å². The van der Waals surface area contributed by atoms with Crippen LogP contribution in [0.25, 0.3) is 22.1 Å². The number of hydrogen-bond donors (Lipinski definition) is 5. The van der Waals surface area contributed by atoms with Crippen LogP contribution in [0.3, 0.4) is 0 Å². The van der Waals surface area contributed by atoms with E-state index in [2.05, 4.69) is 98.2 Å². The number of nitrogens with one attached hydrogen (secondary N) is 5. The fraction of sp³-hybridized carbons (Fsp3) is 0.273. The van der Waals surface area contributed by atoms with Gasteiger partial charge in [0.25, 0.3) is 31.9 Å². The molecule has 12 aromatic rings. The molecule has 0 atom stereocenters. The van der Waals surface area contributed by atoms with Crippen molar-refractivity contribution in [2.75, 3.05) is 80.7 Å². The molecule has 2 aliphatic rings. The van der Waals surface area contributed by atoms with Crippen LogP contribution in [-0.2, 0) is 65.7 Å². The summed E-state index contributed by atoms with van der Waals surface area (Å²) in [6.45, 7) is 9.81. The van der Waals surface area contributed by atoms with Crippen molar-refractivity contribution >= 4 is 88.3 Å². The Balaban J connectivity index is 0.586. The molecule has 2 fully saturated rings. The van der Waals surface area contributed by atoms with Crippen LogP contribution < -0.4 is 21.3 Å². The molecule has 100 heavy (non-hydrogen) atoms. The predicted octanol–water partition coefficient (Wildman–Crippen LogP) is 6.81. The molecule has 0 bridgehead atoms. The summed E-state index contributed by atoms with van der Waals surface area (Å²) in [5.74, 6) is -1.29. The maximum Gasteiger partial charge on any atom is 0.284 e. The number of piperazine rings is 2. The Bertz CT molecular complexity index is 5130. The third-order valence-electron chi connectivity index (χ3n) is 17.6. The van der Waals surface area contributed by atoms with Crippen LogP contribution in [0, 0.1) is 11.6 Å². The first-order chi connectivity index (χ1) is 48.5. The lowest BCUT2D eigenvalue weighted by Crippen LogP contribution is -2.46. The molecule has 0 aliphatic carbocycles. The van der Waals surface area contributed by atoms with Gasteiger partial charge in [0.1, 0.15) is 72.5 Å². The van der Waals surface area contributed by atoms with E-state index in [0.29, 0.717) is 128 Å². The lowest BCUT2D eigenvalue weighted by molar-refractivity contribution is 0.0969. The highest BCUT2D eigenvalue weighted by atomic mass is 32.2. The van der Waals surface area contributed by atoms with E-state index >= 15 is 4.39 Å². The molecule has 514 valence electrons. The Kier molecular flexibility index (Phi) is 19.1. The maximum absolute atomic E-state index is 15.2. The Morgan fingerprint density at radius 3 is 1.69 bits per heavy atom.